The van der Waals surface area contributed by atoms with Gasteiger partial charge in [-0.05, 0) is 25.5 Å². The Morgan fingerprint density at radius 3 is 2.70 bits per heavy atom. The van der Waals surface area contributed by atoms with Crippen LogP contribution in [-0.2, 0) is 13.2 Å². The topological polar surface area (TPSA) is 57.0 Å². The standard InChI is InChI=1S/C15H19N3O2/c1-3-4-9-18-15(14(10-19)16-17-18)11-20-13-7-5-12(2)6-8-13/h5-8,10H,3-4,9,11H2,1-2H3. The Bertz CT molecular complexity index is 561. The van der Waals surface area contributed by atoms with Crippen molar-refractivity contribution in [3.8, 4) is 5.75 Å². The van der Waals surface area contributed by atoms with E-state index in [-0.39, 0.29) is 0 Å². The Kier molecular flexibility index (Phi) is 4.87. The molecule has 0 aliphatic heterocycles. The summed E-state index contributed by atoms with van der Waals surface area (Å²) in [6.45, 7) is 5.19. The van der Waals surface area contributed by atoms with E-state index in [2.05, 4.69) is 17.2 Å². The summed E-state index contributed by atoms with van der Waals surface area (Å²) in [6, 6.07) is 7.80. The summed E-state index contributed by atoms with van der Waals surface area (Å²) >= 11 is 0. The van der Waals surface area contributed by atoms with Crippen molar-refractivity contribution in [3.63, 3.8) is 0 Å². The first-order chi connectivity index (χ1) is 9.74. The largest absolute Gasteiger partial charge is 0.487 e. The number of aryl methyl sites for hydroxylation is 2. The molecule has 0 atom stereocenters. The van der Waals surface area contributed by atoms with Crippen molar-refractivity contribution in [1.29, 1.82) is 0 Å². The van der Waals surface area contributed by atoms with Gasteiger partial charge in [0.05, 0.1) is 0 Å². The fraction of sp³-hybridized carbons (Fsp3) is 0.400. The van der Waals surface area contributed by atoms with Crippen molar-refractivity contribution in [1.82, 2.24) is 15.0 Å². The average Bonchev–Trinajstić information content (AvgIpc) is 2.86. The molecule has 0 aliphatic rings. The van der Waals surface area contributed by atoms with Crippen LogP contribution in [0.15, 0.2) is 24.3 Å². The molecule has 2 aromatic rings. The zero-order chi connectivity index (χ0) is 14.4. The van der Waals surface area contributed by atoms with E-state index in [4.69, 9.17) is 4.74 Å². The van der Waals surface area contributed by atoms with Crippen molar-refractivity contribution in [2.24, 2.45) is 0 Å². The van der Waals surface area contributed by atoms with Gasteiger partial charge in [-0.3, -0.25) is 4.79 Å². The molecular formula is C15H19N3O2. The van der Waals surface area contributed by atoms with Crippen LogP contribution in [0, 0.1) is 6.92 Å². The second kappa shape index (κ2) is 6.84. The van der Waals surface area contributed by atoms with Gasteiger partial charge < -0.3 is 4.74 Å². The molecule has 1 heterocycles. The predicted molar refractivity (Wildman–Crippen MR) is 75.8 cm³/mol. The van der Waals surface area contributed by atoms with E-state index in [0.717, 1.165) is 37.1 Å². The van der Waals surface area contributed by atoms with Gasteiger partial charge in [0.25, 0.3) is 0 Å². The number of rotatable bonds is 7. The second-order valence-electron chi connectivity index (χ2n) is 4.72. The number of carbonyl (C=O) groups excluding carboxylic acids is 1. The van der Waals surface area contributed by atoms with Gasteiger partial charge in [-0.2, -0.15) is 0 Å². The lowest BCUT2D eigenvalue weighted by Crippen LogP contribution is -2.09. The van der Waals surface area contributed by atoms with Gasteiger partial charge in [-0.1, -0.05) is 36.3 Å². The van der Waals surface area contributed by atoms with Crippen molar-refractivity contribution in [2.75, 3.05) is 0 Å². The third-order valence-corrected chi connectivity index (χ3v) is 3.10. The zero-order valence-electron chi connectivity index (χ0n) is 11.9. The summed E-state index contributed by atoms with van der Waals surface area (Å²) in [6.07, 6.45) is 2.79. The molecule has 0 saturated heterocycles. The van der Waals surface area contributed by atoms with Crippen molar-refractivity contribution in [3.05, 3.63) is 41.2 Å². The second-order valence-corrected chi connectivity index (χ2v) is 4.72. The monoisotopic (exact) mass is 273 g/mol. The molecule has 0 aliphatic carbocycles. The molecule has 1 aromatic carbocycles. The lowest BCUT2D eigenvalue weighted by molar-refractivity contribution is 0.111. The number of unbranched alkanes of at least 4 members (excludes halogenated alkanes) is 1. The number of carbonyl (C=O) groups is 1. The Hall–Kier alpha value is -2.17. The van der Waals surface area contributed by atoms with Crippen molar-refractivity contribution >= 4 is 6.29 Å². The fourth-order valence-electron chi connectivity index (χ4n) is 1.86. The van der Waals surface area contributed by atoms with E-state index in [1.54, 1.807) is 4.68 Å². The number of hydrogen-bond donors (Lipinski definition) is 0. The van der Waals surface area contributed by atoms with Crippen LogP contribution in [0.2, 0.25) is 0 Å². The van der Waals surface area contributed by atoms with Crippen LogP contribution in [0.1, 0.15) is 41.5 Å². The molecule has 0 amide bonds. The number of ether oxygens (including phenoxy) is 1. The Labute approximate surface area is 118 Å². The van der Waals surface area contributed by atoms with E-state index in [0.29, 0.717) is 12.3 Å². The fourth-order valence-corrected chi connectivity index (χ4v) is 1.86. The van der Waals surface area contributed by atoms with Crippen LogP contribution in [0.5, 0.6) is 5.75 Å². The highest BCUT2D eigenvalue weighted by molar-refractivity contribution is 5.73. The molecule has 1 aromatic heterocycles. The predicted octanol–water partition coefficient (Wildman–Crippen LogP) is 2.78. The molecule has 0 N–H and O–H groups in total. The van der Waals surface area contributed by atoms with Gasteiger partial charge >= 0.3 is 0 Å². The van der Waals surface area contributed by atoms with Crippen LogP contribution in [0.25, 0.3) is 0 Å². The maximum atomic E-state index is 11.0. The normalized spacial score (nSPS) is 10.5. The SMILES string of the molecule is CCCCn1nnc(C=O)c1COc1ccc(C)cc1. The smallest absolute Gasteiger partial charge is 0.172 e. The number of nitrogens with zero attached hydrogens (tertiary/aromatic N) is 3. The van der Waals surface area contributed by atoms with E-state index in [1.807, 2.05) is 31.2 Å². The molecule has 2 rings (SSSR count). The Balaban J connectivity index is 2.08. The molecule has 0 bridgehead atoms. The van der Waals surface area contributed by atoms with Crippen LogP contribution >= 0.6 is 0 Å². The van der Waals surface area contributed by atoms with Gasteiger partial charge in [-0.15, -0.1) is 5.10 Å². The number of benzene rings is 1. The summed E-state index contributed by atoms with van der Waals surface area (Å²) < 4.78 is 7.46. The first-order valence-electron chi connectivity index (χ1n) is 6.81. The van der Waals surface area contributed by atoms with Gasteiger partial charge in [0.2, 0.25) is 0 Å². The molecule has 106 valence electrons. The number of aldehydes is 1. The van der Waals surface area contributed by atoms with Crippen molar-refractivity contribution < 1.29 is 9.53 Å². The molecule has 5 heteroatoms. The van der Waals surface area contributed by atoms with Crippen LogP contribution < -0.4 is 4.74 Å². The minimum Gasteiger partial charge on any atom is -0.487 e. The first-order valence-corrected chi connectivity index (χ1v) is 6.81. The Morgan fingerprint density at radius 1 is 1.30 bits per heavy atom. The van der Waals surface area contributed by atoms with Crippen LogP contribution in [0.3, 0.4) is 0 Å². The minimum absolute atomic E-state index is 0.299. The molecule has 0 spiro atoms. The summed E-state index contributed by atoms with van der Waals surface area (Å²) in [7, 11) is 0. The number of hydrogen-bond acceptors (Lipinski definition) is 4. The molecular weight excluding hydrogens is 254 g/mol. The molecule has 5 nitrogen and oxygen atoms in total. The zero-order valence-corrected chi connectivity index (χ0v) is 11.9. The lowest BCUT2D eigenvalue weighted by atomic mass is 10.2. The van der Waals surface area contributed by atoms with E-state index >= 15 is 0 Å². The first kappa shape index (κ1) is 14.2. The minimum atomic E-state index is 0.299. The third kappa shape index (κ3) is 3.44. The van der Waals surface area contributed by atoms with Crippen molar-refractivity contribution in [2.45, 2.75) is 39.8 Å². The maximum absolute atomic E-state index is 11.0. The molecule has 0 unspecified atom stereocenters. The number of aromatic nitrogens is 3. The average molecular weight is 273 g/mol. The van der Waals surface area contributed by atoms with Gasteiger partial charge in [-0.25, -0.2) is 4.68 Å². The summed E-state index contributed by atoms with van der Waals surface area (Å²) in [4.78, 5) is 11.0. The molecule has 0 saturated carbocycles. The van der Waals surface area contributed by atoms with Gasteiger partial charge in [0, 0.05) is 6.54 Å². The highest BCUT2D eigenvalue weighted by Gasteiger charge is 2.12. The van der Waals surface area contributed by atoms with E-state index < -0.39 is 0 Å². The quantitative estimate of drug-likeness (QED) is 0.728. The summed E-state index contributed by atoms with van der Waals surface area (Å²) in [5.41, 5.74) is 2.27. The summed E-state index contributed by atoms with van der Waals surface area (Å²) in [5, 5.41) is 7.89. The van der Waals surface area contributed by atoms with E-state index in [1.165, 1.54) is 5.56 Å². The third-order valence-electron chi connectivity index (χ3n) is 3.10. The molecule has 0 radical (unpaired) electrons. The molecule has 20 heavy (non-hydrogen) atoms. The van der Waals surface area contributed by atoms with E-state index in [9.17, 15) is 4.79 Å². The summed E-state index contributed by atoms with van der Waals surface area (Å²) in [5.74, 6) is 0.774. The van der Waals surface area contributed by atoms with Crippen LogP contribution in [0.4, 0.5) is 0 Å². The lowest BCUT2D eigenvalue weighted by Gasteiger charge is -2.08. The highest BCUT2D eigenvalue weighted by Crippen LogP contribution is 2.14. The van der Waals surface area contributed by atoms with Crippen LogP contribution in [-0.4, -0.2) is 21.3 Å². The van der Waals surface area contributed by atoms with Gasteiger partial charge in [0.15, 0.2) is 12.0 Å². The Morgan fingerprint density at radius 2 is 2.05 bits per heavy atom. The highest BCUT2D eigenvalue weighted by atomic mass is 16.5. The molecule has 0 fully saturated rings. The maximum Gasteiger partial charge on any atom is 0.172 e. The van der Waals surface area contributed by atoms with Gasteiger partial charge in [0.1, 0.15) is 18.1 Å².